The van der Waals surface area contributed by atoms with E-state index in [1.807, 2.05) is 0 Å². The molecule has 0 bridgehead atoms. The third-order valence-electron chi connectivity index (χ3n) is 7.95. The van der Waals surface area contributed by atoms with Crippen molar-refractivity contribution in [1.82, 2.24) is 0 Å². The first-order valence-electron chi connectivity index (χ1n) is 14.0. The Labute approximate surface area is 235 Å². The predicted molar refractivity (Wildman–Crippen MR) is 170 cm³/mol. The number of hydrogen-bond acceptors (Lipinski definition) is 2. The summed E-state index contributed by atoms with van der Waals surface area (Å²) in [5.41, 5.74) is 0. The van der Waals surface area contributed by atoms with Gasteiger partial charge >= 0.3 is 0 Å². The second-order valence-electron chi connectivity index (χ2n) is 14.8. The van der Waals surface area contributed by atoms with Crippen molar-refractivity contribution in [2.24, 2.45) is 0 Å². The molecule has 0 aliphatic carbocycles. The van der Waals surface area contributed by atoms with Crippen molar-refractivity contribution >= 4 is 27.0 Å². The number of benzene rings is 3. The Balaban J connectivity index is 2.26. The Hall–Kier alpha value is -2.31. The maximum Gasteiger partial charge on any atom is 0.293 e. The molecule has 0 aliphatic heterocycles. The van der Waals surface area contributed by atoms with Gasteiger partial charge in [-0.1, -0.05) is 144 Å². The van der Waals surface area contributed by atoms with Crippen LogP contribution in [0.25, 0.3) is 0 Å². The molecule has 0 saturated carbocycles. The molecule has 4 heteroatoms. The summed E-state index contributed by atoms with van der Waals surface area (Å²) in [5.74, 6) is 1.90. The van der Waals surface area contributed by atoms with Crippen LogP contribution in [0, 0.1) is 0 Å². The van der Waals surface area contributed by atoms with Gasteiger partial charge in [0.05, 0.1) is 0 Å². The highest BCUT2D eigenvalue weighted by Gasteiger charge is 2.60. The summed E-state index contributed by atoms with van der Waals surface area (Å²) in [7, 11) is -5.18. The van der Waals surface area contributed by atoms with Gasteiger partial charge in [0, 0.05) is 0 Å². The molecule has 0 unspecified atom stereocenters. The van der Waals surface area contributed by atoms with Crippen LogP contribution < -0.4 is 19.2 Å². The van der Waals surface area contributed by atoms with Crippen LogP contribution in [-0.2, 0) is 0 Å². The van der Waals surface area contributed by atoms with E-state index in [-0.39, 0.29) is 20.2 Å². The average molecular weight is 547 g/mol. The SMILES string of the molecule is CC(C)(C)[Si](Oc1ccccc1)(c1ccc([Si](Oc2ccccc2)(C(C)(C)C)C(C)(C)C)cc1)C(C)(C)C. The molecule has 0 aromatic heterocycles. The van der Waals surface area contributed by atoms with Crippen LogP contribution in [0.2, 0.25) is 20.2 Å². The first kappa shape index (κ1) is 30.2. The lowest BCUT2D eigenvalue weighted by Gasteiger charge is -2.52. The van der Waals surface area contributed by atoms with Crippen LogP contribution in [-0.4, -0.2) is 16.6 Å². The Morgan fingerprint density at radius 1 is 0.368 bits per heavy atom. The van der Waals surface area contributed by atoms with E-state index in [0.29, 0.717) is 0 Å². The maximum atomic E-state index is 7.19. The minimum absolute atomic E-state index is 0.0360. The van der Waals surface area contributed by atoms with Crippen LogP contribution in [0.15, 0.2) is 84.9 Å². The van der Waals surface area contributed by atoms with Crippen LogP contribution in [0.1, 0.15) is 83.1 Å². The molecule has 206 valence electrons. The zero-order valence-electron chi connectivity index (χ0n) is 25.9. The molecule has 0 fully saturated rings. The molecular weight excluding hydrogens is 497 g/mol. The standard InChI is InChI=1S/C34H50O2Si2/c1-31(2,3)37(32(4,5)6,35-27-19-15-13-16-20-27)29-23-25-30(26-24-29)38(33(7,8)9,34(10,11)12)36-28-21-17-14-18-22-28/h13-26H,1-12H3. The van der Waals surface area contributed by atoms with E-state index >= 15 is 0 Å². The minimum Gasteiger partial charge on any atom is -0.538 e. The lowest BCUT2D eigenvalue weighted by molar-refractivity contribution is 0.438. The molecule has 0 saturated heterocycles. The smallest absolute Gasteiger partial charge is 0.293 e. The molecule has 0 spiro atoms. The lowest BCUT2D eigenvalue weighted by Crippen LogP contribution is -2.68. The van der Waals surface area contributed by atoms with Crippen molar-refractivity contribution < 1.29 is 8.85 Å². The summed E-state index contributed by atoms with van der Waals surface area (Å²) < 4.78 is 14.4. The summed E-state index contributed by atoms with van der Waals surface area (Å²) >= 11 is 0. The fourth-order valence-electron chi connectivity index (χ4n) is 6.98. The Bertz CT molecular complexity index is 1050. The molecule has 0 atom stereocenters. The Morgan fingerprint density at radius 3 is 0.816 bits per heavy atom. The average Bonchev–Trinajstić information content (AvgIpc) is 2.79. The van der Waals surface area contributed by atoms with E-state index in [4.69, 9.17) is 8.85 Å². The third-order valence-corrected chi connectivity index (χ3v) is 19.8. The first-order valence-corrected chi connectivity index (χ1v) is 17.8. The van der Waals surface area contributed by atoms with Gasteiger partial charge in [0.15, 0.2) is 0 Å². The fraction of sp³-hybridized carbons (Fsp3) is 0.471. The highest BCUT2D eigenvalue weighted by Crippen LogP contribution is 2.53. The van der Waals surface area contributed by atoms with Crippen molar-refractivity contribution in [2.75, 3.05) is 0 Å². The van der Waals surface area contributed by atoms with E-state index in [1.54, 1.807) is 0 Å². The van der Waals surface area contributed by atoms with Gasteiger partial charge in [-0.15, -0.1) is 0 Å². The molecule has 0 radical (unpaired) electrons. The zero-order chi connectivity index (χ0) is 28.6. The first-order chi connectivity index (χ1) is 17.4. The Morgan fingerprint density at radius 2 is 0.605 bits per heavy atom. The molecule has 0 heterocycles. The molecule has 0 aliphatic rings. The molecule has 2 nitrogen and oxygen atoms in total. The highest BCUT2D eigenvalue weighted by atomic mass is 28.4. The number of para-hydroxylation sites is 2. The van der Waals surface area contributed by atoms with E-state index in [0.717, 1.165) is 11.5 Å². The molecule has 0 N–H and O–H groups in total. The van der Waals surface area contributed by atoms with E-state index in [2.05, 4.69) is 168 Å². The monoisotopic (exact) mass is 546 g/mol. The van der Waals surface area contributed by atoms with Gasteiger partial charge in [0.2, 0.25) is 0 Å². The van der Waals surface area contributed by atoms with Gasteiger partial charge < -0.3 is 8.85 Å². The van der Waals surface area contributed by atoms with Gasteiger partial charge in [-0.3, -0.25) is 0 Å². The fourth-order valence-corrected chi connectivity index (χ4v) is 18.7. The molecule has 3 rings (SSSR count). The van der Waals surface area contributed by atoms with Gasteiger partial charge in [0.1, 0.15) is 11.5 Å². The van der Waals surface area contributed by atoms with Crippen LogP contribution in [0.5, 0.6) is 11.5 Å². The lowest BCUT2D eigenvalue weighted by atomic mass is 10.2. The molecular formula is C34H50O2Si2. The predicted octanol–water partition coefficient (Wildman–Crippen LogP) is 9.35. The summed E-state index contributed by atoms with van der Waals surface area (Å²) in [6, 6.07) is 30.2. The largest absolute Gasteiger partial charge is 0.538 e. The quantitative estimate of drug-likeness (QED) is 0.287. The minimum atomic E-state index is -2.59. The second kappa shape index (κ2) is 10.3. The van der Waals surface area contributed by atoms with Crippen molar-refractivity contribution in [3.8, 4) is 11.5 Å². The molecule has 3 aromatic carbocycles. The number of rotatable bonds is 6. The van der Waals surface area contributed by atoms with Gasteiger partial charge in [0.25, 0.3) is 16.6 Å². The van der Waals surface area contributed by atoms with Gasteiger partial charge in [-0.2, -0.15) is 0 Å². The Kier molecular flexibility index (Phi) is 8.23. The maximum absolute atomic E-state index is 7.19. The van der Waals surface area contributed by atoms with Crippen molar-refractivity contribution in [1.29, 1.82) is 0 Å². The summed E-state index contributed by atoms with van der Waals surface area (Å²) in [6.07, 6.45) is 0. The van der Waals surface area contributed by atoms with Crippen molar-refractivity contribution in [3.63, 3.8) is 0 Å². The van der Waals surface area contributed by atoms with Crippen LogP contribution in [0.3, 0.4) is 0 Å². The number of hydrogen-bond donors (Lipinski definition) is 0. The normalized spacial score (nSPS) is 13.8. The van der Waals surface area contributed by atoms with E-state index in [9.17, 15) is 0 Å². The second-order valence-corrected chi connectivity index (χ2v) is 25.1. The van der Waals surface area contributed by atoms with Crippen molar-refractivity contribution in [3.05, 3.63) is 84.9 Å². The van der Waals surface area contributed by atoms with Crippen molar-refractivity contribution in [2.45, 2.75) is 103 Å². The third kappa shape index (κ3) is 5.40. The zero-order valence-corrected chi connectivity index (χ0v) is 27.9. The van der Waals surface area contributed by atoms with Crippen LogP contribution >= 0.6 is 0 Å². The highest BCUT2D eigenvalue weighted by molar-refractivity contribution is 6.93. The molecule has 0 amide bonds. The molecule has 38 heavy (non-hydrogen) atoms. The summed E-state index contributed by atoms with van der Waals surface area (Å²) in [6.45, 7) is 28.2. The van der Waals surface area contributed by atoms with Gasteiger partial charge in [-0.25, -0.2) is 0 Å². The van der Waals surface area contributed by atoms with Crippen LogP contribution in [0.4, 0.5) is 0 Å². The van der Waals surface area contributed by atoms with Gasteiger partial charge in [-0.05, 0) is 54.8 Å². The molecule has 3 aromatic rings. The summed E-state index contributed by atoms with van der Waals surface area (Å²) in [4.78, 5) is 0. The summed E-state index contributed by atoms with van der Waals surface area (Å²) in [5, 5.41) is 2.51. The van der Waals surface area contributed by atoms with E-state index < -0.39 is 16.6 Å². The topological polar surface area (TPSA) is 18.5 Å². The van der Waals surface area contributed by atoms with E-state index in [1.165, 1.54) is 10.4 Å².